The van der Waals surface area contributed by atoms with E-state index in [9.17, 15) is 4.39 Å². The van der Waals surface area contributed by atoms with Crippen molar-refractivity contribution in [2.45, 2.75) is 19.4 Å². The van der Waals surface area contributed by atoms with E-state index in [-0.39, 0.29) is 5.82 Å². The highest BCUT2D eigenvalue weighted by Gasteiger charge is 2.15. The molecular weight excluding hydrogens is 355 g/mol. The number of H-pyrrole nitrogens is 1. The molecule has 1 aliphatic heterocycles. The third-order valence-corrected chi connectivity index (χ3v) is 4.77. The van der Waals surface area contributed by atoms with Crippen molar-refractivity contribution in [3.63, 3.8) is 0 Å². The molecule has 0 radical (unpaired) electrons. The molecule has 2 heterocycles. The first kappa shape index (κ1) is 17.2. The van der Waals surface area contributed by atoms with Crippen LogP contribution in [0.5, 0.6) is 11.5 Å². The van der Waals surface area contributed by atoms with E-state index in [1.54, 1.807) is 0 Å². The van der Waals surface area contributed by atoms with Crippen molar-refractivity contribution in [2.75, 3.05) is 19.8 Å². The number of fused-ring (bicyclic) bond motifs is 2. The Morgan fingerprint density at radius 2 is 2.04 bits per heavy atom. The minimum absolute atomic E-state index is 0.227. The van der Waals surface area contributed by atoms with Crippen LogP contribution in [0.1, 0.15) is 17.5 Å². The van der Waals surface area contributed by atoms with Gasteiger partial charge in [-0.2, -0.15) is 0 Å². The van der Waals surface area contributed by atoms with Gasteiger partial charge in [0.1, 0.15) is 5.82 Å². The summed E-state index contributed by atoms with van der Waals surface area (Å²) in [5.41, 5.74) is 3.05. The molecular formula is C20H20ClFN2O2. The van der Waals surface area contributed by atoms with Crippen LogP contribution in [0.4, 0.5) is 4.39 Å². The summed E-state index contributed by atoms with van der Waals surface area (Å²) >= 11 is 6.32. The number of nitrogens with one attached hydrogen (secondary N) is 2. The van der Waals surface area contributed by atoms with Crippen LogP contribution in [0.2, 0.25) is 5.02 Å². The van der Waals surface area contributed by atoms with Gasteiger partial charge in [0.15, 0.2) is 11.5 Å². The topological polar surface area (TPSA) is 46.3 Å². The van der Waals surface area contributed by atoms with Gasteiger partial charge >= 0.3 is 0 Å². The summed E-state index contributed by atoms with van der Waals surface area (Å²) in [7, 11) is 0. The molecule has 0 fully saturated rings. The molecule has 4 rings (SSSR count). The molecule has 6 heteroatoms. The van der Waals surface area contributed by atoms with Gasteiger partial charge < -0.3 is 19.8 Å². The molecule has 2 aromatic carbocycles. The maximum atomic E-state index is 13.3. The first-order chi connectivity index (χ1) is 12.7. The Hall–Kier alpha value is -2.24. The quantitative estimate of drug-likeness (QED) is 0.648. The lowest BCUT2D eigenvalue weighted by Gasteiger charge is -2.12. The minimum atomic E-state index is -0.227. The SMILES string of the molecule is Fc1ccc2c(CCNCc3cc(Cl)c4c(c3)OCCCO4)c[nH]c2c1. The Bertz CT molecular complexity index is 926. The van der Waals surface area contributed by atoms with Crippen LogP contribution in [-0.2, 0) is 13.0 Å². The maximum absolute atomic E-state index is 13.3. The van der Waals surface area contributed by atoms with E-state index >= 15 is 0 Å². The highest BCUT2D eigenvalue weighted by atomic mass is 35.5. The van der Waals surface area contributed by atoms with Crippen molar-refractivity contribution in [3.8, 4) is 11.5 Å². The zero-order valence-corrected chi connectivity index (χ0v) is 15.0. The van der Waals surface area contributed by atoms with Gasteiger partial charge in [0.05, 0.1) is 18.2 Å². The van der Waals surface area contributed by atoms with Gasteiger partial charge in [-0.05, 0) is 54.4 Å². The summed E-state index contributed by atoms with van der Waals surface area (Å²) in [6.45, 7) is 2.75. The Kier molecular flexibility index (Phi) is 5.00. The van der Waals surface area contributed by atoms with Crippen LogP contribution < -0.4 is 14.8 Å². The Morgan fingerprint density at radius 1 is 1.15 bits per heavy atom. The van der Waals surface area contributed by atoms with E-state index in [1.165, 1.54) is 17.7 Å². The maximum Gasteiger partial charge on any atom is 0.179 e. The smallest absolute Gasteiger partial charge is 0.179 e. The lowest BCUT2D eigenvalue weighted by Crippen LogP contribution is -2.16. The van der Waals surface area contributed by atoms with Crippen molar-refractivity contribution in [2.24, 2.45) is 0 Å². The summed E-state index contributed by atoms with van der Waals surface area (Å²) in [6.07, 6.45) is 3.65. The van der Waals surface area contributed by atoms with Crippen LogP contribution in [0, 0.1) is 5.82 Å². The molecule has 0 aliphatic carbocycles. The largest absolute Gasteiger partial charge is 0.489 e. The lowest BCUT2D eigenvalue weighted by atomic mass is 10.1. The summed E-state index contributed by atoms with van der Waals surface area (Å²) in [4.78, 5) is 3.12. The van der Waals surface area contributed by atoms with Crippen molar-refractivity contribution in [1.82, 2.24) is 10.3 Å². The Labute approximate surface area is 156 Å². The van der Waals surface area contributed by atoms with E-state index in [0.29, 0.717) is 36.3 Å². The molecule has 0 amide bonds. The number of hydrogen-bond acceptors (Lipinski definition) is 3. The van der Waals surface area contributed by atoms with Gasteiger partial charge in [0, 0.05) is 30.1 Å². The van der Waals surface area contributed by atoms with Gasteiger partial charge in [-0.25, -0.2) is 4.39 Å². The van der Waals surface area contributed by atoms with Gasteiger partial charge in [0.25, 0.3) is 0 Å². The first-order valence-corrected chi connectivity index (χ1v) is 9.13. The summed E-state index contributed by atoms with van der Waals surface area (Å²) in [5, 5.41) is 5.07. The fraction of sp³-hybridized carbons (Fsp3) is 0.300. The van der Waals surface area contributed by atoms with E-state index in [2.05, 4.69) is 10.3 Å². The van der Waals surface area contributed by atoms with E-state index in [0.717, 1.165) is 35.9 Å². The average molecular weight is 375 g/mol. The van der Waals surface area contributed by atoms with E-state index in [1.807, 2.05) is 24.4 Å². The molecule has 26 heavy (non-hydrogen) atoms. The fourth-order valence-corrected chi connectivity index (χ4v) is 3.50. The summed E-state index contributed by atoms with van der Waals surface area (Å²) in [5.74, 6) is 1.12. The predicted octanol–water partition coefficient (Wildman–Crippen LogP) is 4.45. The summed E-state index contributed by atoms with van der Waals surface area (Å²) < 4.78 is 24.6. The number of aromatic nitrogens is 1. The van der Waals surface area contributed by atoms with Crippen LogP contribution >= 0.6 is 11.6 Å². The van der Waals surface area contributed by atoms with Crippen molar-refractivity contribution in [3.05, 3.63) is 58.5 Å². The molecule has 4 nitrogen and oxygen atoms in total. The second-order valence-electron chi connectivity index (χ2n) is 6.39. The number of benzene rings is 2. The fourth-order valence-electron chi connectivity index (χ4n) is 3.21. The van der Waals surface area contributed by atoms with Gasteiger partial charge in [-0.3, -0.25) is 0 Å². The Morgan fingerprint density at radius 3 is 2.96 bits per heavy atom. The number of ether oxygens (including phenoxy) is 2. The normalized spacial score (nSPS) is 13.8. The van der Waals surface area contributed by atoms with Crippen molar-refractivity contribution >= 4 is 22.5 Å². The van der Waals surface area contributed by atoms with Crippen molar-refractivity contribution in [1.29, 1.82) is 0 Å². The third-order valence-electron chi connectivity index (χ3n) is 4.49. The molecule has 1 aliphatic rings. The molecule has 0 spiro atoms. The number of halogens is 2. The summed E-state index contributed by atoms with van der Waals surface area (Å²) in [6, 6.07) is 8.73. The number of hydrogen-bond donors (Lipinski definition) is 2. The predicted molar refractivity (Wildman–Crippen MR) is 101 cm³/mol. The molecule has 0 atom stereocenters. The monoisotopic (exact) mass is 374 g/mol. The zero-order chi connectivity index (χ0) is 17.9. The molecule has 3 aromatic rings. The average Bonchev–Trinajstić information content (AvgIpc) is 2.85. The number of aromatic amines is 1. The molecule has 136 valence electrons. The first-order valence-electron chi connectivity index (χ1n) is 8.75. The van der Waals surface area contributed by atoms with Crippen molar-refractivity contribution < 1.29 is 13.9 Å². The van der Waals surface area contributed by atoms with Gasteiger partial charge in [-0.1, -0.05) is 11.6 Å². The Balaban J connectivity index is 1.37. The second kappa shape index (κ2) is 7.56. The lowest BCUT2D eigenvalue weighted by molar-refractivity contribution is 0.297. The zero-order valence-electron chi connectivity index (χ0n) is 14.3. The van der Waals surface area contributed by atoms with Crippen LogP contribution in [-0.4, -0.2) is 24.7 Å². The van der Waals surface area contributed by atoms with Gasteiger partial charge in [-0.15, -0.1) is 0 Å². The molecule has 0 unspecified atom stereocenters. The molecule has 1 aromatic heterocycles. The van der Waals surface area contributed by atoms with Gasteiger partial charge in [0.2, 0.25) is 0 Å². The molecule has 0 saturated carbocycles. The van der Waals surface area contributed by atoms with Crippen LogP contribution in [0.3, 0.4) is 0 Å². The second-order valence-corrected chi connectivity index (χ2v) is 6.79. The molecule has 2 N–H and O–H groups in total. The third kappa shape index (κ3) is 3.64. The molecule has 0 bridgehead atoms. The highest BCUT2D eigenvalue weighted by Crippen LogP contribution is 2.37. The van der Waals surface area contributed by atoms with Crippen LogP contribution in [0.25, 0.3) is 10.9 Å². The minimum Gasteiger partial charge on any atom is -0.489 e. The number of rotatable bonds is 5. The highest BCUT2D eigenvalue weighted by molar-refractivity contribution is 6.32. The van der Waals surface area contributed by atoms with E-state index < -0.39 is 0 Å². The van der Waals surface area contributed by atoms with E-state index in [4.69, 9.17) is 21.1 Å². The van der Waals surface area contributed by atoms with Crippen LogP contribution in [0.15, 0.2) is 36.5 Å². The molecule has 0 saturated heterocycles. The standard InChI is InChI=1S/C20H20ClFN2O2/c21-17-8-13(9-19-20(17)26-7-1-6-25-19)11-23-5-4-14-12-24-18-10-15(22)2-3-16(14)18/h2-3,8-10,12,23-24H,1,4-7,11H2.